The van der Waals surface area contributed by atoms with Gasteiger partial charge in [-0.1, -0.05) is 0 Å². The van der Waals surface area contributed by atoms with E-state index in [9.17, 15) is 14.0 Å². The van der Waals surface area contributed by atoms with E-state index >= 15 is 0 Å². The molecule has 7 heteroatoms. The van der Waals surface area contributed by atoms with E-state index < -0.39 is 17.2 Å². The van der Waals surface area contributed by atoms with Crippen LogP contribution in [0.4, 0.5) is 4.39 Å². The molecule has 0 saturated heterocycles. The van der Waals surface area contributed by atoms with Crippen molar-refractivity contribution in [3.8, 4) is 5.69 Å². The summed E-state index contributed by atoms with van der Waals surface area (Å²) in [5.41, 5.74) is -0.432. The summed E-state index contributed by atoms with van der Waals surface area (Å²) in [7, 11) is 0. The van der Waals surface area contributed by atoms with Gasteiger partial charge in [-0.05, 0) is 40.5 Å². The lowest BCUT2D eigenvalue weighted by atomic mass is 10.2. The van der Waals surface area contributed by atoms with Crippen LogP contribution in [0.1, 0.15) is 5.56 Å². The number of aromatic nitrogens is 3. The first-order valence-corrected chi connectivity index (χ1v) is 5.15. The summed E-state index contributed by atoms with van der Waals surface area (Å²) >= 11 is 3.02. The van der Waals surface area contributed by atoms with E-state index in [2.05, 4.69) is 26.1 Å². The Kier molecular flexibility index (Phi) is 2.55. The number of halogens is 2. The maximum Gasteiger partial charge on any atom is 0.348 e. The number of hydrogen-bond acceptors (Lipinski definition) is 2. The second-order valence-corrected chi connectivity index (χ2v) is 4.10. The first kappa shape index (κ1) is 10.9. The van der Waals surface area contributed by atoms with E-state index in [0.29, 0.717) is 5.56 Å². The maximum absolute atomic E-state index is 13.3. The number of nitrogens with zero attached hydrogens (tertiary/aromatic N) is 1. The normalized spacial score (nSPS) is 10.7. The molecule has 0 unspecified atom stereocenters. The average molecular weight is 288 g/mol. The topological polar surface area (TPSA) is 70.7 Å². The van der Waals surface area contributed by atoms with Gasteiger partial charge in [0.05, 0.1) is 10.2 Å². The van der Waals surface area contributed by atoms with Gasteiger partial charge in [-0.15, -0.1) is 0 Å². The molecule has 0 amide bonds. The van der Waals surface area contributed by atoms with E-state index in [1.165, 1.54) is 6.07 Å². The van der Waals surface area contributed by atoms with Gasteiger partial charge < -0.3 is 0 Å². The van der Waals surface area contributed by atoms with Crippen LogP contribution in [0.2, 0.25) is 0 Å². The highest BCUT2D eigenvalue weighted by atomic mass is 79.9. The Morgan fingerprint density at radius 2 is 1.81 bits per heavy atom. The van der Waals surface area contributed by atoms with Gasteiger partial charge in [-0.2, -0.15) is 0 Å². The van der Waals surface area contributed by atoms with Gasteiger partial charge in [0, 0.05) is 0 Å². The Morgan fingerprint density at radius 1 is 1.25 bits per heavy atom. The van der Waals surface area contributed by atoms with E-state index in [1.807, 2.05) is 0 Å². The van der Waals surface area contributed by atoms with Crippen LogP contribution in [-0.4, -0.2) is 14.8 Å². The SMILES string of the molecule is Cc1cc(Br)c(F)cc1-n1c(=O)[nH][nH]c1=O. The van der Waals surface area contributed by atoms with Crippen LogP contribution in [0.5, 0.6) is 0 Å². The van der Waals surface area contributed by atoms with Gasteiger partial charge in [0.25, 0.3) is 0 Å². The molecule has 2 N–H and O–H groups in total. The van der Waals surface area contributed by atoms with E-state index in [4.69, 9.17) is 0 Å². The van der Waals surface area contributed by atoms with Crippen LogP contribution in [-0.2, 0) is 0 Å². The van der Waals surface area contributed by atoms with Crippen LogP contribution in [0.3, 0.4) is 0 Å². The predicted octanol–water partition coefficient (Wildman–Crippen LogP) is 1.06. The molecule has 1 heterocycles. The zero-order chi connectivity index (χ0) is 11.9. The van der Waals surface area contributed by atoms with Crippen LogP contribution in [0.25, 0.3) is 5.69 Å². The third-order valence-electron chi connectivity index (χ3n) is 2.16. The van der Waals surface area contributed by atoms with Crippen molar-refractivity contribution >= 4 is 15.9 Å². The molecule has 0 aliphatic carbocycles. The van der Waals surface area contributed by atoms with Crippen LogP contribution >= 0.6 is 15.9 Å². The molecule has 0 saturated carbocycles. The van der Waals surface area contributed by atoms with Crippen LogP contribution in [0.15, 0.2) is 26.2 Å². The summed E-state index contributed by atoms with van der Waals surface area (Å²) in [6, 6.07) is 2.63. The Morgan fingerprint density at radius 3 is 2.38 bits per heavy atom. The monoisotopic (exact) mass is 287 g/mol. The molecule has 0 atom stereocenters. The lowest BCUT2D eigenvalue weighted by Crippen LogP contribution is -2.25. The molecule has 1 aromatic carbocycles. The highest BCUT2D eigenvalue weighted by Crippen LogP contribution is 2.21. The van der Waals surface area contributed by atoms with Crippen molar-refractivity contribution < 1.29 is 4.39 Å². The molecule has 0 fully saturated rings. The number of aromatic amines is 2. The van der Waals surface area contributed by atoms with Gasteiger partial charge in [-0.25, -0.2) is 28.7 Å². The number of hydrogen-bond donors (Lipinski definition) is 2. The van der Waals surface area contributed by atoms with Crippen molar-refractivity contribution in [2.24, 2.45) is 0 Å². The lowest BCUT2D eigenvalue weighted by Gasteiger charge is -2.05. The Bertz CT molecular complexity index is 628. The van der Waals surface area contributed by atoms with Crippen molar-refractivity contribution in [3.63, 3.8) is 0 Å². The molecule has 0 aliphatic rings. The Labute approximate surface area is 97.0 Å². The minimum Gasteiger partial charge on any atom is -0.247 e. The predicted molar refractivity (Wildman–Crippen MR) is 59.4 cm³/mol. The first-order valence-electron chi connectivity index (χ1n) is 4.36. The quantitative estimate of drug-likeness (QED) is 0.823. The molecule has 84 valence electrons. The maximum atomic E-state index is 13.3. The lowest BCUT2D eigenvalue weighted by molar-refractivity contribution is 0.618. The summed E-state index contributed by atoms with van der Waals surface area (Å²) in [5.74, 6) is -0.534. The van der Waals surface area contributed by atoms with Crippen molar-refractivity contribution in [1.29, 1.82) is 0 Å². The number of rotatable bonds is 1. The second-order valence-electron chi connectivity index (χ2n) is 3.25. The molecular weight excluding hydrogens is 281 g/mol. The third-order valence-corrected chi connectivity index (χ3v) is 2.77. The highest BCUT2D eigenvalue weighted by Gasteiger charge is 2.11. The van der Waals surface area contributed by atoms with Crippen molar-refractivity contribution in [3.05, 3.63) is 49.0 Å². The zero-order valence-corrected chi connectivity index (χ0v) is 9.76. The Hall–Kier alpha value is -1.63. The molecule has 5 nitrogen and oxygen atoms in total. The van der Waals surface area contributed by atoms with E-state index in [1.54, 1.807) is 6.92 Å². The molecule has 0 radical (unpaired) electrons. The molecule has 16 heavy (non-hydrogen) atoms. The summed E-state index contributed by atoms with van der Waals surface area (Å²) in [4.78, 5) is 22.7. The van der Waals surface area contributed by atoms with E-state index in [-0.39, 0.29) is 10.2 Å². The summed E-state index contributed by atoms with van der Waals surface area (Å²) < 4.78 is 14.5. The average Bonchev–Trinajstić information content (AvgIpc) is 2.53. The molecule has 2 aromatic rings. The molecule has 1 aromatic heterocycles. The molecule has 0 bridgehead atoms. The third kappa shape index (κ3) is 1.63. The molecular formula is C9H7BrFN3O2. The van der Waals surface area contributed by atoms with Gasteiger partial charge in [0.15, 0.2) is 0 Å². The van der Waals surface area contributed by atoms with E-state index in [0.717, 1.165) is 10.6 Å². The largest absolute Gasteiger partial charge is 0.348 e. The first-order chi connectivity index (χ1) is 7.50. The smallest absolute Gasteiger partial charge is 0.247 e. The van der Waals surface area contributed by atoms with Crippen molar-refractivity contribution in [2.45, 2.75) is 6.92 Å². The summed E-state index contributed by atoms with van der Waals surface area (Å²) in [6.07, 6.45) is 0. The van der Waals surface area contributed by atoms with Crippen LogP contribution < -0.4 is 11.4 Å². The number of aryl methyl sites for hydroxylation is 1. The minimum atomic E-state index is -0.630. The molecule has 0 spiro atoms. The fraction of sp³-hybridized carbons (Fsp3) is 0.111. The van der Waals surface area contributed by atoms with Gasteiger partial charge in [0.1, 0.15) is 5.82 Å². The number of H-pyrrole nitrogens is 2. The fourth-order valence-corrected chi connectivity index (χ4v) is 1.86. The van der Waals surface area contributed by atoms with Gasteiger partial charge in [0.2, 0.25) is 0 Å². The number of nitrogens with one attached hydrogen (secondary N) is 2. The Balaban J connectivity index is 2.80. The van der Waals surface area contributed by atoms with Crippen molar-refractivity contribution in [1.82, 2.24) is 14.8 Å². The number of benzene rings is 1. The molecule has 0 aliphatic heterocycles. The standard InChI is InChI=1S/C9H7BrFN3O2/c1-4-2-5(10)6(11)3-7(4)14-8(15)12-13-9(14)16/h2-3H,1H3,(H,12,15)(H,13,16). The van der Waals surface area contributed by atoms with Gasteiger partial charge in [-0.3, -0.25) is 0 Å². The van der Waals surface area contributed by atoms with Crippen molar-refractivity contribution in [2.75, 3.05) is 0 Å². The van der Waals surface area contributed by atoms with Crippen LogP contribution in [0, 0.1) is 12.7 Å². The molecule has 2 rings (SSSR count). The van der Waals surface area contributed by atoms with Gasteiger partial charge >= 0.3 is 11.4 Å². The fourth-order valence-electron chi connectivity index (χ4n) is 1.41. The summed E-state index contributed by atoms with van der Waals surface area (Å²) in [5, 5.41) is 4.26. The summed E-state index contributed by atoms with van der Waals surface area (Å²) in [6.45, 7) is 1.68. The zero-order valence-electron chi connectivity index (χ0n) is 8.17. The highest BCUT2D eigenvalue weighted by molar-refractivity contribution is 9.10. The minimum absolute atomic E-state index is 0.216. The second kappa shape index (κ2) is 3.75.